The second kappa shape index (κ2) is 4.07. The number of carbonyl (C=O) groups is 1. The van der Waals surface area contributed by atoms with Crippen molar-refractivity contribution in [2.45, 2.75) is 51.7 Å². The Labute approximate surface area is 79.4 Å². The molecular formula is C9H19N3O. The molecule has 0 bridgehead atoms. The molecule has 3 unspecified atom stereocenters. The first-order valence-corrected chi connectivity index (χ1v) is 4.85. The Morgan fingerprint density at radius 1 is 1.46 bits per heavy atom. The largest absolute Gasteiger partial charge is 0.293 e. The third kappa shape index (κ3) is 2.00. The molecule has 0 aromatic rings. The Hall–Kier alpha value is -0.610. The van der Waals surface area contributed by atoms with E-state index < -0.39 is 0 Å². The maximum absolute atomic E-state index is 11.3. The van der Waals surface area contributed by atoms with Gasteiger partial charge in [-0.15, -0.1) is 0 Å². The van der Waals surface area contributed by atoms with Crippen molar-refractivity contribution in [3.05, 3.63) is 0 Å². The van der Waals surface area contributed by atoms with Crippen LogP contribution in [0.3, 0.4) is 0 Å². The number of nitrogens with one attached hydrogen (secondary N) is 1. The van der Waals surface area contributed by atoms with Crippen LogP contribution >= 0.6 is 0 Å². The molecule has 1 rings (SSSR count). The van der Waals surface area contributed by atoms with Gasteiger partial charge in [0.1, 0.15) is 0 Å². The van der Waals surface area contributed by atoms with E-state index in [4.69, 9.17) is 5.84 Å². The summed E-state index contributed by atoms with van der Waals surface area (Å²) in [4.78, 5) is 13.5. The first-order chi connectivity index (χ1) is 6.07. The van der Waals surface area contributed by atoms with Crippen LogP contribution in [0.4, 0.5) is 0 Å². The molecule has 0 spiro atoms. The van der Waals surface area contributed by atoms with Crippen LogP contribution in [0.15, 0.2) is 0 Å². The first kappa shape index (κ1) is 10.5. The fourth-order valence-electron chi connectivity index (χ4n) is 2.23. The summed E-state index contributed by atoms with van der Waals surface area (Å²) in [5, 5.41) is 0. The molecule has 0 saturated carbocycles. The molecule has 1 fully saturated rings. The van der Waals surface area contributed by atoms with Crippen LogP contribution < -0.4 is 11.3 Å². The van der Waals surface area contributed by atoms with E-state index in [1.807, 2.05) is 6.92 Å². The third-order valence-electron chi connectivity index (χ3n) is 2.99. The van der Waals surface area contributed by atoms with Gasteiger partial charge in [-0.25, -0.2) is 5.84 Å². The third-order valence-corrected chi connectivity index (χ3v) is 2.99. The number of hydrogen-bond acceptors (Lipinski definition) is 3. The number of amides is 1. The Bertz CT molecular complexity index is 185. The van der Waals surface area contributed by atoms with Gasteiger partial charge in [0.05, 0.1) is 6.04 Å². The molecule has 4 heteroatoms. The number of nitrogens with two attached hydrogens (primary N) is 1. The van der Waals surface area contributed by atoms with Crippen molar-refractivity contribution in [1.82, 2.24) is 10.3 Å². The molecule has 0 aliphatic carbocycles. The molecule has 1 aliphatic rings. The van der Waals surface area contributed by atoms with Gasteiger partial charge in [-0.1, -0.05) is 0 Å². The number of hydrogen-bond donors (Lipinski definition) is 2. The van der Waals surface area contributed by atoms with E-state index in [1.54, 1.807) is 0 Å². The lowest BCUT2D eigenvalue weighted by Gasteiger charge is -2.30. The standard InChI is InChI=1S/C9H19N3O/c1-6-4-5-7(2)12(6)8(3)9(13)11-10/h6-8H,4-5,10H2,1-3H3,(H,11,13). The summed E-state index contributed by atoms with van der Waals surface area (Å²) < 4.78 is 0. The van der Waals surface area contributed by atoms with Gasteiger partial charge in [0.15, 0.2) is 0 Å². The highest BCUT2D eigenvalue weighted by Gasteiger charge is 2.33. The van der Waals surface area contributed by atoms with E-state index in [1.165, 1.54) is 12.8 Å². The topological polar surface area (TPSA) is 58.4 Å². The molecule has 4 nitrogen and oxygen atoms in total. The summed E-state index contributed by atoms with van der Waals surface area (Å²) in [5.41, 5.74) is 2.20. The van der Waals surface area contributed by atoms with Crippen LogP contribution in [0.1, 0.15) is 33.6 Å². The van der Waals surface area contributed by atoms with Gasteiger partial charge in [-0.2, -0.15) is 0 Å². The van der Waals surface area contributed by atoms with E-state index in [0.717, 1.165) is 0 Å². The lowest BCUT2D eigenvalue weighted by molar-refractivity contribution is -0.126. The van der Waals surface area contributed by atoms with Crippen LogP contribution in [0.5, 0.6) is 0 Å². The van der Waals surface area contributed by atoms with E-state index in [2.05, 4.69) is 24.2 Å². The molecule has 3 atom stereocenters. The molecule has 1 heterocycles. The molecule has 3 N–H and O–H groups in total. The number of rotatable bonds is 2. The zero-order chi connectivity index (χ0) is 10.0. The van der Waals surface area contributed by atoms with Gasteiger partial charge in [-0.3, -0.25) is 15.1 Å². The second-order valence-electron chi connectivity index (χ2n) is 3.91. The molecule has 1 saturated heterocycles. The van der Waals surface area contributed by atoms with Crippen molar-refractivity contribution in [1.29, 1.82) is 0 Å². The van der Waals surface area contributed by atoms with Crippen molar-refractivity contribution in [2.75, 3.05) is 0 Å². The Morgan fingerprint density at radius 2 is 1.92 bits per heavy atom. The number of nitrogens with zero attached hydrogens (tertiary/aromatic N) is 1. The van der Waals surface area contributed by atoms with Crippen molar-refractivity contribution in [3.63, 3.8) is 0 Å². The predicted octanol–water partition coefficient (Wildman–Crippen LogP) is 0.238. The van der Waals surface area contributed by atoms with Crippen molar-refractivity contribution >= 4 is 5.91 Å². The molecule has 0 radical (unpaired) electrons. The molecule has 1 amide bonds. The van der Waals surface area contributed by atoms with Gasteiger partial charge >= 0.3 is 0 Å². The maximum Gasteiger partial charge on any atom is 0.250 e. The summed E-state index contributed by atoms with van der Waals surface area (Å²) in [6, 6.07) is 0.863. The number of carbonyl (C=O) groups excluding carboxylic acids is 1. The van der Waals surface area contributed by atoms with E-state index in [0.29, 0.717) is 12.1 Å². The fourth-order valence-corrected chi connectivity index (χ4v) is 2.23. The van der Waals surface area contributed by atoms with Gasteiger partial charge in [-0.05, 0) is 33.6 Å². The van der Waals surface area contributed by atoms with Gasteiger partial charge in [0.25, 0.3) is 5.91 Å². The molecule has 76 valence electrons. The lowest BCUT2D eigenvalue weighted by Crippen LogP contribution is -2.50. The maximum atomic E-state index is 11.3. The Morgan fingerprint density at radius 3 is 2.31 bits per heavy atom. The highest BCUT2D eigenvalue weighted by atomic mass is 16.2. The fraction of sp³-hybridized carbons (Fsp3) is 0.889. The first-order valence-electron chi connectivity index (χ1n) is 4.85. The average Bonchev–Trinajstić information content (AvgIpc) is 2.44. The highest BCUT2D eigenvalue weighted by Crippen LogP contribution is 2.25. The van der Waals surface area contributed by atoms with Crippen molar-refractivity contribution < 1.29 is 4.79 Å². The monoisotopic (exact) mass is 185 g/mol. The van der Waals surface area contributed by atoms with Crippen LogP contribution in [0.25, 0.3) is 0 Å². The minimum absolute atomic E-state index is 0.0967. The molecule has 13 heavy (non-hydrogen) atoms. The highest BCUT2D eigenvalue weighted by molar-refractivity contribution is 5.80. The molecule has 0 aromatic heterocycles. The van der Waals surface area contributed by atoms with Gasteiger partial charge in [0, 0.05) is 12.1 Å². The summed E-state index contributed by atoms with van der Waals surface area (Å²) in [5.74, 6) is 5.01. The number of hydrazine groups is 1. The van der Waals surface area contributed by atoms with Crippen molar-refractivity contribution in [3.8, 4) is 0 Å². The van der Waals surface area contributed by atoms with Gasteiger partial charge < -0.3 is 0 Å². The normalized spacial score (nSPS) is 31.7. The zero-order valence-electron chi connectivity index (χ0n) is 8.58. The van der Waals surface area contributed by atoms with Crippen LogP contribution in [-0.2, 0) is 4.79 Å². The summed E-state index contributed by atoms with van der Waals surface area (Å²) in [6.45, 7) is 6.22. The average molecular weight is 185 g/mol. The van der Waals surface area contributed by atoms with Crippen LogP contribution in [0.2, 0.25) is 0 Å². The van der Waals surface area contributed by atoms with Crippen molar-refractivity contribution in [2.24, 2.45) is 5.84 Å². The van der Waals surface area contributed by atoms with Crippen LogP contribution in [0, 0.1) is 0 Å². The quantitative estimate of drug-likeness (QED) is 0.368. The second-order valence-corrected chi connectivity index (χ2v) is 3.91. The number of likely N-dealkylation sites (tertiary alicyclic amines) is 1. The lowest BCUT2D eigenvalue weighted by atomic mass is 10.2. The van der Waals surface area contributed by atoms with Crippen LogP contribution in [-0.4, -0.2) is 28.9 Å². The summed E-state index contributed by atoms with van der Waals surface area (Å²) in [6.07, 6.45) is 2.34. The molecule has 0 aromatic carbocycles. The Balaban J connectivity index is 2.63. The van der Waals surface area contributed by atoms with E-state index in [9.17, 15) is 4.79 Å². The summed E-state index contributed by atoms with van der Waals surface area (Å²) >= 11 is 0. The van der Waals surface area contributed by atoms with E-state index in [-0.39, 0.29) is 11.9 Å². The SMILES string of the molecule is CC1CCC(C)N1C(C)C(=O)NN. The van der Waals surface area contributed by atoms with Gasteiger partial charge in [0.2, 0.25) is 0 Å². The minimum atomic E-state index is -0.113. The zero-order valence-corrected chi connectivity index (χ0v) is 8.58. The smallest absolute Gasteiger partial charge is 0.250 e. The molecule has 1 aliphatic heterocycles. The summed E-state index contributed by atoms with van der Waals surface area (Å²) in [7, 11) is 0. The van der Waals surface area contributed by atoms with E-state index >= 15 is 0 Å². The predicted molar refractivity (Wildman–Crippen MR) is 51.8 cm³/mol. The minimum Gasteiger partial charge on any atom is -0.293 e. The molecular weight excluding hydrogens is 166 g/mol. The Kier molecular flexibility index (Phi) is 3.27.